The summed E-state index contributed by atoms with van der Waals surface area (Å²) in [4.78, 5) is 53.4. The second-order valence-corrected chi connectivity index (χ2v) is 9.97. The third-order valence-corrected chi connectivity index (χ3v) is 7.49. The van der Waals surface area contributed by atoms with Gasteiger partial charge in [-0.1, -0.05) is 12.1 Å². The van der Waals surface area contributed by atoms with Gasteiger partial charge < -0.3 is 37.9 Å². The van der Waals surface area contributed by atoms with Crippen LogP contribution < -0.4 is 37.9 Å². The zero-order chi connectivity index (χ0) is 35.1. The minimum absolute atomic E-state index is 0.0229. The van der Waals surface area contributed by atoms with E-state index in [9.17, 15) is 19.2 Å². The van der Waals surface area contributed by atoms with Crippen molar-refractivity contribution in [1.29, 1.82) is 0 Å². The molecule has 250 valence electrons. The molecule has 4 rings (SSSR count). The van der Waals surface area contributed by atoms with E-state index in [2.05, 4.69) is 0 Å². The van der Waals surface area contributed by atoms with E-state index in [4.69, 9.17) is 37.9 Å². The maximum Gasteiger partial charge on any atom is 0.237 e. The minimum atomic E-state index is -0.823. The number of methoxy groups -OCH3 is 8. The fourth-order valence-corrected chi connectivity index (χ4v) is 5.05. The Morgan fingerprint density at radius 2 is 0.646 bits per heavy atom. The van der Waals surface area contributed by atoms with E-state index in [0.29, 0.717) is 11.1 Å². The van der Waals surface area contributed by atoms with E-state index in [1.54, 1.807) is 24.3 Å². The lowest BCUT2D eigenvalue weighted by atomic mass is 9.95. The van der Waals surface area contributed by atoms with Crippen molar-refractivity contribution in [3.8, 4) is 57.1 Å². The molecule has 4 aromatic rings. The van der Waals surface area contributed by atoms with Gasteiger partial charge in [0.15, 0.2) is 23.0 Å². The number of ketones is 4. The van der Waals surface area contributed by atoms with Crippen LogP contribution in [0.5, 0.6) is 46.0 Å². The third kappa shape index (κ3) is 6.59. The van der Waals surface area contributed by atoms with Gasteiger partial charge in [-0.05, 0) is 59.7 Å². The van der Waals surface area contributed by atoms with Gasteiger partial charge in [-0.2, -0.15) is 0 Å². The van der Waals surface area contributed by atoms with Gasteiger partial charge in [-0.3, -0.25) is 19.2 Å². The zero-order valence-electron chi connectivity index (χ0n) is 27.7. The fraction of sp³-hybridized carbons (Fsp3) is 0.222. The summed E-state index contributed by atoms with van der Waals surface area (Å²) in [5.41, 5.74) is 1.27. The van der Waals surface area contributed by atoms with Crippen LogP contribution in [-0.4, -0.2) is 80.0 Å². The molecule has 4 aromatic carbocycles. The second kappa shape index (κ2) is 15.0. The molecule has 48 heavy (non-hydrogen) atoms. The molecule has 0 atom stereocenters. The summed E-state index contributed by atoms with van der Waals surface area (Å²) in [5, 5.41) is 0. The van der Waals surface area contributed by atoms with Gasteiger partial charge in [0.25, 0.3) is 0 Å². The van der Waals surface area contributed by atoms with Crippen LogP contribution in [0.25, 0.3) is 11.1 Å². The molecule has 0 radical (unpaired) electrons. The van der Waals surface area contributed by atoms with Crippen LogP contribution in [0.4, 0.5) is 0 Å². The lowest BCUT2D eigenvalue weighted by Gasteiger charge is -2.15. The first-order chi connectivity index (χ1) is 23.1. The van der Waals surface area contributed by atoms with Gasteiger partial charge in [-0.25, -0.2) is 0 Å². The van der Waals surface area contributed by atoms with Crippen LogP contribution in [0, 0.1) is 0 Å². The van der Waals surface area contributed by atoms with Gasteiger partial charge in [-0.15, -0.1) is 0 Å². The van der Waals surface area contributed by atoms with Gasteiger partial charge >= 0.3 is 0 Å². The van der Waals surface area contributed by atoms with Crippen LogP contribution in [0.3, 0.4) is 0 Å². The van der Waals surface area contributed by atoms with E-state index in [1.807, 2.05) is 0 Å². The molecule has 0 N–H and O–H groups in total. The summed E-state index contributed by atoms with van der Waals surface area (Å²) < 4.78 is 42.8. The first-order valence-electron chi connectivity index (χ1n) is 14.3. The molecular weight excluding hydrogens is 624 g/mol. The molecular formula is C36H34O12. The van der Waals surface area contributed by atoms with Crippen molar-refractivity contribution in [1.82, 2.24) is 0 Å². The average Bonchev–Trinajstić information content (AvgIpc) is 3.14. The molecule has 0 heterocycles. The smallest absolute Gasteiger partial charge is 0.237 e. The standard InChI is InChI=1S/C36H34O12/c1-41-25-13-19(9-11-23(25)33(39)31(37)21-15-27(43-3)35(47-7)28(16-21)44-4)20-10-12-24(26(14-20)42-2)34(40)32(38)22-17-29(45-5)36(48-8)30(18-22)46-6/h9-18H,1-8H3. The largest absolute Gasteiger partial charge is 0.496 e. The van der Waals surface area contributed by atoms with Crippen LogP contribution in [0.2, 0.25) is 0 Å². The van der Waals surface area contributed by atoms with Crippen molar-refractivity contribution in [3.63, 3.8) is 0 Å². The van der Waals surface area contributed by atoms with E-state index in [0.717, 1.165) is 0 Å². The van der Waals surface area contributed by atoms with Crippen LogP contribution >= 0.6 is 0 Å². The highest BCUT2D eigenvalue weighted by Crippen LogP contribution is 2.40. The monoisotopic (exact) mass is 658 g/mol. The summed E-state index contributed by atoms with van der Waals surface area (Å²) >= 11 is 0. The molecule has 0 bridgehead atoms. The summed E-state index contributed by atoms with van der Waals surface area (Å²) in [5.74, 6) is -1.58. The van der Waals surface area contributed by atoms with E-state index in [-0.39, 0.29) is 68.2 Å². The topological polar surface area (TPSA) is 142 Å². The number of hydrogen-bond acceptors (Lipinski definition) is 12. The number of rotatable bonds is 15. The number of Topliss-reactive ketones (excluding diaryl/α,β-unsaturated/α-hetero) is 4. The van der Waals surface area contributed by atoms with Crippen LogP contribution in [0.1, 0.15) is 41.4 Å². The van der Waals surface area contributed by atoms with Crippen molar-refractivity contribution in [2.24, 2.45) is 0 Å². The van der Waals surface area contributed by atoms with Crippen LogP contribution in [-0.2, 0) is 0 Å². The predicted molar refractivity (Wildman–Crippen MR) is 174 cm³/mol. The van der Waals surface area contributed by atoms with E-state index < -0.39 is 23.1 Å². The van der Waals surface area contributed by atoms with Crippen molar-refractivity contribution in [2.45, 2.75) is 0 Å². The third-order valence-electron chi connectivity index (χ3n) is 7.49. The summed E-state index contributed by atoms with van der Waals surface area (Å²) in [6.07, 6.45) is 0. The Morgan fingerprint density at radius 1 is 0.354 bits per heavy atom. The normalized spacial score (nSPS) is 10.4. The Hall–Kier alpha value is -6.04. The molecule has 12 heteroatoms. The molecule has 0 aliphatic carbocycles. The number of hydrogen-bond donors (Lipinski definition) is 0. The Labute approximate surface area is 277 Å². The molecule has 0 aliphatic heterocycles. The average molecular weight is 659 g/mol. The minimum Gasteiger partial charge on any atom is -0.496 e. The number of carbonyl (C=O) groups excluding carboxylic acids is 4. The lowest BCUT2D eigenvalue weighted by Crippen LogP contribution is -2.16. The highest BCUT2D eigenvalue weighted by Gasteiger charge is 2.27. The number of carbonyl (C=O) groups is 4. The van der Waals surface area contributed by atoms with Crippen molar-refractivity contribution in [2.75, 3.05) is 56.9 Å². The van der Waals surface area contributed by atoms with Crippen molar-refractivity contribution >= 4 is 23.1 Å². The molecule has 0 aromatic heterocycles. The quantitative estimate of drug-likeness (QED) is 0.117. The second-order valence-electron chi connectivity index (χ2n) is 9.97. The highest BCUT2D eigenvalue weighted by atomic mass is 16.5. The first kappa shape index (κ1) is 34.8. The SMILES string of the molecule is COc1cc(-c2ccc(C(=O)C(=O)c3cc(OC)c(OC)c(OC)c3)c(OC)c2)ccc1C(=O)C(=O)c1cc(OC)c(OC)c(OC)c1. The molecule has 0 unspecified atom stereocenters. The lowest BCUT2D eigenvalue weighted by molar-refractivity contribution is 0.0814. The highest BCUT2D eigenvalue weighted by molar-refractivity contribution is 6.50. The van der Waals surface area contributed by atoms with Gasteiger partial charge in [0.2, 0.25) is 34.6 Å². The maximum atomic E-state index is 13.4. The Morgan fingerprint density at radius 3 is 0.896 bits per heavy atom. The molecule has 0 aliphatic rings. The predicted octanol–water partition coefficient (Wildman–Crippen LogP) is 5.55. The van der Waals surface area contributed by atoms with Crippen LogP contribution in [0.15, 0.2) is 60.7 Å². The number of benzene rings is 4. The van der Waals surface area contributed by atoms with E-state index in [1.165, 1.54) is 93.3 Å². The maximum absolute atomic E-state index is 13.4. The number of ether oxygens (including phenoxy) is 8. The first-order valence-corrected chi connectivity index (χ1v) is 14.3. The molecule has 0 spiro atoms. The molecule has 0 fully saturated rings. The van der Waals surface area contributed by atoms with Crippen molar-refractivity contribution < 1.29 is 57.1 Å². The Bertz CT molecular complexity index is 1710. The van der Waals surface area contributed by atoms with Gasteiger partial charge in [0, 0.05) is 11.1 Å². The summed E-state index contributed by atoms with van der Waals surface area (Å²) in [6, 6.07) is 14.9. The fourth-order valence-electron chi connectivity index (χ4n) is 5.05. The Kier molecular flexibility index (Phi) is 10.9. The van der Waals surface area contributed by atoms with E-state index >= 15 is 0 Å². The molecule has 0 saturated heterocycles. The van der Waals surface area contributed by atoms with Gasteiger partial charge in [0.1, 0.15) is 11.5 Å². The molecule has 12 nitrogen and oxygen atoms in total. The molecule has 0 saturated carbocycles. The van der Waals surface area contributed by atoms with Crippen molar-refractivity contribution in [3.05, 3.63) is 82.9 Å². The summed E-state index contributed by atoms with van der Waals surface area (Å²) in [7, 11) is 11.2. The van der Waals surface area contributed by atoms with Gasteiger partial charge in [0.05, 0.1) is 68.0 Å². The Balaban J connectivity index is 1.66. The zero-order valence-corrected chi connectivity index (χ0v) is 27.7. The molecule has 0 amide bonds. The summed E-state index contributed by atoms with van der Waals surface area (Å²) in [6.45, 7) is 0.